The van der Waals surface area contributed by atoms with Crippen molar-refractivity contribution >= 4 is 30.8 Å². The van der Waals surface area contributed by atoms with Gasteiger partial charge in [-0.3, -0.25) is 0 Å². The molecule has 0 nitrogen and oxygen atoms in total. The Morgan fingerprint density at radius 3 is 1.72 bits per heavy atom. The van der Waals surface area contributed by atoms with Crippen molar-refractivity contribution in [3.05, 3.63) is 132 Å². The van der Waals surface area contributed by atoms with Crippen molar-refractivity contribution < 1.29 is 0 Å². The first kappa shape index (κ1) is 22.7. The molecule has 0 N–H and O–H groups in total. The summed E-state index contributed by atoms with van der Waals surface area (Å²) in [6.07, 6.45) is 0.875. The lowest BCUT2D eigenvalue weighted by Crippen LogP contribution is -1.98. The Morgan fingerprint density at radius 2 is 1.03 bits per heavy atom. The van der Waals surface area contributed by atoms with Gasteiger partial charge in [-0.2, -0.15) is 0 Å². The first-order chi connectivity index (χ1) is 17.7. The third-order valence-electron chi connectivity index (χ3n) is 7.40. The van der Waals surface area contributed by atoms with Crippen LogP contribution in [-0.2, 0) is 6.16 Å². The van der Waals surface area contributed by atoms with Crippen molar-refractivity contribution in [3.63, 3.8) is 0 Å². The smallest absolute Gasteiger partial charge is 0.00548 e. The monoisotopic (exact) mass is 480 g/mol. The molecular weight excluding hydrogens is 451 g/mol. The van der Waals surface area contributed by atoms with Gasteiger partial charge in [0.2, 0.25) is 0 Å². The zero-order valence-electron chi connectivity index (χ0n) is 20.8. The lowest BCUT2D eigenvalue weighted by atomic mass is 9.82. The van der Waals surface area contributed by atoms with Crippen LogP contribution in [0.5, 0.6) is 0 Å². The minimum atomic E-state index is 0.875. The minimum Gasteiger partial charge on any atom is -0.133 e. The maximum absolute atomic E-state index is 3.02. The first-order valence-corrected chi connectivity index (χ1v) is 13.4. The van der Waals surface area contributed by atoms with Crippen molar-refractivity contribution in [2.24, 2.45) is 0 Å². The van der Waals surface area contributed by atoms with Crippen molar-refractivity contribution in [3.8, 4) is 33.4 Å². The summed E-state index contributed by atoms with van der Waals surface area (Å²) in [7, 11) is 3.02. The maximum Gasteiger partial charge on any atom is -0.00548 e. The second-order valence-corrected chi connectivity index (χ2v) is 9.95. The second kappa shape index (κ2) is 9.38. The summed E-state index contributed by atoms with van der Waals surface area (Å²) >= 11 is 0. The topological polar surface area (TPSA) is 0 Å². The van der Waals surface area contributed by atoms with E-state index in [1.54, 1.807) is 0 Å². The predicted octanol–water partition coefficient (Wildman–Crippen LogP) is 9.99. The highest BCUT2D eigenvalue weighted by Crippen LogP contribution is 2.45. The zero-order chi connectivity index (χ0) is 24.6. The lowest BCUT2D eigenvalue weighted by molar-refractivity contribution is 1.40. The summed E-state index contributed by atoms with van der Waals surface area (Å²) in [6.45, 7) is 4.45. The molecule has 0 aliphatic heterocycles. The molecule has 0 saturated carbocycles. The van der Waals surface area contributed by atoms with E-state index in [2.05, 4.69) is 138 Å². The van der Waals surface area contributed by atoms with Crippen LogP contribution in [0, 0.1) is 13.8 Å². The van der Waals surface area contributed by atoms with Crippen LogP contribution in [-0.4, -0.2) is 0 Å². The average Bonchev–Trinajstić information content (AvgIpc) is 2.92. The standard InChI is InChI=1S/C35H29P/c1-23-11-3-6-14-27(23)30-17-9-10-18-31(30)32-21-26-13-5-8-16-29(26)35(33(32)22-36)34-24(2)19-20-25-12-4-7-15-28(25)34/h3-21H,22,36H2,1-2H3. The van der Waals surface area contributed by atoms with Crippen LogP contribution < -0.4 is 0 Å². The van der Waals surface area contributed by atoms with E-state index in [-0.39, 0.29) is 0 Å². The number of benzene rings is 6. The van der Waals surface area contributed by atoms with E-state index >= 15 is 0 Å². The van der Waals surface area contributed by atoms with E-state index in [0.717, 1.165) is 6.16 Å². The molecule has 1 atom stereocenters. The second-order valence-electron chi connectivity index (χ2n) is 9.54. The molecule has 0 fully saturated rings. The number of fused-ring (bicyclic) bond motifs is 2. The van der Waals surface area contributed by atoms with Crippen molar-refractivity contribution in [1.82, 2.24) is 0 Å². The minimum absolute atomic E-state index is 0.875. The van der Waals surface area contributed by atoms with Gasteiger partial charge >= 0.3 is 0 Å². The van der Waals surface area contributed by atoms with E-state index in [0.29, 0.717) is 0 Å². The largest absolute Gasteiger partial charge is 0.133 e. The van der Waals surface area contributed by atoms with Crippen LogP contribution in [0.4, 0.5) is 0 Å². The lowest BCUT2D eigenvalue weighted by Gasteiger charge is -2.22. The van der Waals surface area contributed by atoms with Gasteiger partial charge in [0.1, 0.15) is 0 Å². The van der Waals surface area contributed by atoms with Gasteiger partial charge < -0.3 is 0 Å². The molecule has 0 spiro atoms. The van der Waals surface area contributed by atoms with Crippen LogP contribution >= 0.6 is 9.24 Å². The van der Waals surface area contributed by atoms with Gasteiger partial charge in [-0.05, 0) is 97.7 Å². The Kier molecular flexibility index (Phi) is 5.92. The molecule has 6 aromatic rings. The molecule has 36 heavy (non-hydrogen) atoms. The van der Waals surface area contributed by atoms with Gasteiger partial charge in [-0.25, -0.2) is 0 Å². The average molecular weight is 481 g/mol. The normalized spacial score (nSPS) is 11.3. The van der Waals surface area contributed by atoms with Crippen LogP contribution in [0.2, 0.25) is 0 Å². The number of aryl methyl sites for hydroxylation is 2. The van der Waals surface area contributed by atoms with E-state index in [4.69, 9.17) is 0 Å². The first-order valence-electron chi connectivity index (χ1n) is 12.6. The van der Waals surface area contributed by atoms with Gasteiger partial charge in [0, 0.05) is 0 Å². The van der Waals surface area contributed by atoms with Crippen LogP contribution in [0.15, 0.2) is 115 Å². The molecule has 174 valence electrons. The van der Waals surface area contributed by atoms with Gasteiger partial charge in [0.05, 0.1) is 0 Å². The van der Waals surface area contributed by atoms with Gasteiger partial charge in [-0.15, -0.1) is 9.24 Å². The molecule has 0 aliphatic rings. The molecule has 0 aromatic heterocycles. The summed E-state index contributed by atoms with van der Waals surface area (Å²) in [6, 6.07) is 42.1. The molecular formula is C35H29P. The molecule has 6 aromatic carbocycles. The zero-order valence-corrected chi connectivity index (χ0v) is 21.9. The third-order valence-corrected chi connectivity index (χ3v) is 7.81. The molecule has 0 bridgehead atoms. The Labute approximate surface area is 215 Å². The predicted molar refractivity (Wildman–Crippen MR) is 161 cm³/mol. The molecule has 1 heteroatoms. The van der Waals surface area contributed by atoms with E-state index < -0.39 is 0 Å². The molecule has 0 amide bonds. The molecule has 6 rings (SSSR count). The van der Waals surface area contributed by atoms with E-state index in [1.807, 2.05) is 0 Å². The Morgan fingerprint density at radius 1 is 0.472 bits per heavy atom. The fourth-order valence-corrected chi connectivity index (χ4v) is 6.09. The van der Waals surface area contributed by atoms with Crippen molar-refractivity contribution in [1.29, 1.82) is 0 Å². The van der Waals surface area contributed by atoms with E-state index in [1.165, 1.54) is 71.6 Å². The van der Waals surface area contributed by atoms with Crippen LogP contribution in [0.3, 0.4) is 0 Å². The van der Waals surface area contributed by atoms with Gasteiger partial charge in [-0.1, -0.05) is 109 Å². The highest BCUT2D eigenvalue weighted by atomic mass is 31.0. The molecule has 0 heterocycles. The fourth-order valence-electron chi connectivity index (χ4n) is 5.67. The number of hydrogen-bond donors (Lipinski definition) is 0. The van der Waals surface area contributed by atoms with E-state index in [9.17, 15) is 0 Å². The number of rotatable bonds is 4. The quantitative estimate of drug-likeness (QED) is 0.220. The van der Waals surface area contributed by atoms with Crippen molar-refractivity contribution in [2.75, 3.05) is 0 Å². The summed E-state index contributed by atoms with van der Waals surface area (Å²) in [4.78, 5) is 0. The van der Waals surface area contributed by atoms with Crippen LogP contribution in [0.1, 0.15) is 16.7 Å². The van der Waals surface area contributed by atoms with Crippen LogP contribution in [0.25, 0.3) is 54.9 Å². The Bertz CT molecular complexity index is 1740. The van der Waals surface area contributed by atoms with Gasteiger partial charge in [0.25, 0.3) is 0 Å². The maximum atomic E-state index is 3.02. The fraction of sp³-hybridized carbons (Fsp3) is 0.0857. The summed E-state index contributed by atoms with van der Waals surface area (Å²) in [5.74, 6) is 0. The summed E-state index contributed by atoms with van der Waals surface area (Å²) in [5, 5.41) is 5.18. The SMILES string of the molecule is Cc1ccccc1-c1ccccc1-c1cc2ccccc2c(-c2c(C)ccc3ccccc23)c1CP. The van der Waals surface area contributed by atoms with Gasteiger partial charge in [0.15, 0.2) is 0 Å². The Balaban J connectivity index is 1.76. The number of hydrogen-bond acceptors (Lipinski definition) is 0. The van der Waals surface area contributed by atoms with Crippen molar-refractivity contribution in [2.45, 2.75) is 20.0 Å². The molecule has 0 radical (unpaired) electrons. The molecule has 0 saturated heterocycles. The summed E-state index contributed by atoms with van der Waals surface area (Å²) < 4.78 is 0. The third kappa shape index (κ3) is 3.74. The summed E-state index contributed by atoms with van der Waals surface area (Å²) in [5.41, 5.74) is 11.8. The Hall–Kier alpha value is -3.73. The molecule has 1 unspecified atom stereocenters. The molecule has 0 aliphatic carbocycles. The highest BCUT2D eigenvalue weighted by molar-refractivity contribution is 7.15. The highest BCUT2D eigenvalue weighted by Gasteiger charge is 2.20.